The Balaban J connectivity index is 1.33. The molecule has 0 saturated carbocycles. The highest BCUT2D eigenvalue weighted by Gasteiger charge is 2.33. The van der Waals surface area contributed by atoms with Crippen molar-refractivity contribution < 1.29 is 13.8 Å². The molecule has 3 heterocycles. The van der Waals surface area contributed by atoms with Gasteiger partial charge in [0.15, 0.2) is 11.5 Å². The number of hydrogen-bond donors (Lipinski definition) is 1. The minimum atomic E-state index is -2.85. The van der Waals surface area contributed by atoms with Crippen LogP contribution in [0, 0.1) is 0 Å². The number of anilines is 1. The molecule has 4 rings (SSSR count). The molecule has 1 aliphatic heterocycles. The fraction of sp³-hybridized carbons (Fsp3) is 0.389. The lowest BCUT2D eigenvalue weighted by molar-refractivity contribution is 0.148. The summed E-state index contributed by atoms with van der Waals surface area (Å²) in [6.07, 6.45) is 4.43. The molecule has 2 N–H and O–H groups in total. The quantitative estimate of drug-likeness (QED) is 0.479. The molecule has 0 aliphatic carbocycles. The highest BCUT2D eigenvalue weighted by Crippen LogP contribution is 2.54. The third-order valence-electron chi connectivity index (χ3n) is 4.81. The monoisotopic (exact) mass is 421 g/mol. The maximum atomic E-state index is 13.1. The van der Waals surface area contributed by atoms with Crippen molar-refractivity contribution in [2.24, 2.45) is 0 Å². The largest absolute Gasteiger partial charge is 0.382 e. The summed E-state index contributed by atoms with van der Waals surface area (Å²) >= 11 is 6.09. The van der Waals surface area contributed by atoms with Crippen molar-refractivity contribution in [1.82, 2.24) is 19.5 Å². The molecule has 0 bridgehead atoms. The van der Waals surface area contributed by atoms with Crippen molar-refractivity contribution in [3.8, 4) is 0 Å². The molecule has 10 heteroatoms. The van der Waals surface area contributed by atoms with Crippen LogP contribution in [0.5, 0.6) is 0 Å². The predicted octanol–water partition coefficient (Wildman–Crippen LogP) is 3.52. The van der Waals surface area contributed by atoms with E-state index >= 15 is 0 Å². The van der Waals surface area contributed by atoms with Gasteiger partial charge in [-0.3, -0.25) is 4.57 Å². The number of nitrogens with zero attached hydrogens (tertiary/aromatic N) is 4. The molecule has 1 aromatic carbocycles. The van der Waals surface area contributed by atoms with Gasteiger partial charge in [0, 0.05) is 17.7 Å². The van der Waals surface area contributed by atoms with E-state index in [0.29, 0.717) is 47.9 Å². The number of aromatic nitrogens is 4. The van der Waals surface area contributed by atoms with Crippen LogP contribution in [0.1, 0.15) is 17.9 Å². The summed E-state index contributed by atoms with van der Waals surface area (Å²) in [5, 5.41) is 0.687. The second-order valence-electron chi connectivity index (χ2n) is 6.78. The summed E-state index contributed by atoms with van der Waals surface area (Å²) in [5.74, 6) is 0.510. The van der Waals surface area contributed by atoms with E-state index < -0.39 is 7.37 Å². The van der Waals surface area contributed by atoms with E-state index in [9.17, 15) is 4.57 Å². The SMILES string of the molecule is Nc1ncnc2c1ncn2CCOCP1(=O)C[C@H](c2cccc(Cl)c2)CCO1. The fourth-order valence-corrected chi connectivity index (χ4v) is 5.79. The van der Waals surface area contributed by atoms with Crippen molar-refractivity contribution >= 4 is 36.0 Å². The summed E-state index contributed by atoms with van der Waals surface area (Å²) in [6, 6.07) is 7.71. The molecule has 0 spiro atoms. The third kappa shape index (κ3) is 4.20. The molecule has 3 aromatic rings. The van der Waals surface area contributed by atoms with E-state index in [1.54, 1.807) is 6.33 Å². The Morgan fingerprint density at radius 2 is 2.25 bits per heavy atom. The minimum absolute atomic E-state index is 0.0911. The summed E-state index contributed by atoms with van der Waals surface area (Å²) in [6.45, 7) is 1.34. The van der Waals surface area contributed by atoms with Crippen LogP contribution in [0.15, 0.2) is 36.9 Å². The number of rotatable bonds is 6. The zero-order chi connectivity index (χ0) is 19.6. The molecule has 0 amide bonds. The summed E-state index contributed by atoms with van der Waals surface area (Å²) < 4.78 is 26.2. The first kappa shape index (κ1) is 19.3. The summed E-state index contributed by atoms with van der Waals surface area (Å²) in [5.41, 5.74) is 8.10. The molecule has 1 unspecified atom stereocenters. The van der Waals surface area contributed by atoms with Crippen LogP contribution in [0.4, 0.5) is 5.82 Å². The number of nitrogens with two attached hydrogens (primary N) is 1. The molecule has 148 valence electrons. The van der Waals surface area contributed by atoms with Crippen molar-refractivity contribution in [2.45, 2.75) is 18.9 Å². The minimum Gasteiger partial charge on any atom is -0.382 e. The number of fused-ring (bicyclic) bond motifs is 1. The molecule has 1 saturated heterocycles. The maximum Gasteiger partial charge on any atom is 0.228 e. The Kier molecular flexibility index (Phi) is 5.64. The maximum absolute atomic E-state index is 13.1. The van der Waals surface area contributed by atoms with Crippen LogP contribution in [-0.4, -0.2) is 45.2 Å². The van der Waals surface area contributed by atoms with E-state index in [2.05, 4.69) is 15.0 Å². The highest BCUT2D eigenvalue weighted by atomic mass is 35.5. The fourth-order valence-electron chi connectivity index (χ4n) is 3.39. The van der Waals surface area contributed by atoms with Gasteiger partial charge in [0.25, 0.3) is 0 Å². The van der Waals surface area contributed by atoms with E-state index in [1.807, 2.05) is 28.8 Å². The Bertz CT molecular complexity index is 1030. The number of ether oxygens (including phenoxy) is 1. The van der Waals surface area contributed by atoms with E-state index in [1.165, 1.54) is 6.33 Å². The molecule has 2 aromatic heterocycles. The zero-order valence-electron chi connectivity index (χ0n) is 15.2. The average Bonchev–Trinajstić information content (AvgIpc) is 3.10. The number of halogens is 1. The first-order valence-corrected chi connectivity index (χ1v) is 11.4. The zero-order valence-corrected chi connectivity index (χ0v) is 16.9. The number of imidazole rings is 1. The topological polar surface area (TPSA) is 105 Å². The number of benzene rings is 1. The predicted molar refractivity (Wildman–Crippen MR) is 108 cm³/mol. The molecule has 8 nitrogen and oxygen atoms in total. The van der Waals surface area contributed by atoms with Gasteiger partial charge < -0.3 is 19.6 Å². The van der Waals surface area contributed by atoms with Crippen LogP contribution in [-0.2, 0) is 20.4 Å². The molecule has 28 heavy (non-hydrogen) atoms. The third-order valence-corrected chi connectivity index (χ3v) is 7.27. The van der Waals surface area contributed by atoms with Gasteiger partial charge in [0.05, 0.1) is 19.5 Å². The Hall–Kier alpha value is -1.99. The Labute approximate surface area is 167 Å². The van der Waals surface area contributed by atoms with Gasteiger partial charge in [-0.15, -0.1) is 0 Å². The van der Waals surface area contributed by atoms with E-state index in [4.69, 9.17) is 26.6 Å². The smallest absolute Gasteiger partial charge is 0.228 e. The van der Waals surface area contributed by atoms with Gasteiger partial charge in [0.1, 0.15) is 18.2 Å². The van der Waals surface area contributed by atoms with Crippen molar-refractivity contribution in [1.29, 1.82) is 0 Å². The van der Waals surface area contributed by atoms with Crippen LogP contribution >= 0.6 is 19.0 Å². The van der Waals surface area contributed by atoms with Gasteiger partial charge in [-0.1, -0.05) is 23.7 Å². The summed E-state index contributed by atoms with van der Waals surface area (Å²) in [4.78, 5) is 12.3. The lowest BCUT2D eigenvalue weighted by Crippen LogP contribution is -2.19. The Morgan fingerprint density at radius 1 is 1.36 bits per heavy atom. The molecule has 1 aliphatic rings. The van der Waals surface area contributed by atoms with Crippen LogP contribution < -0.4 is 5.73 Å². The average molecular weight is 422 g/mol. The van der Waals surface area contributed by atoms with Gasteiger partial charge in [-0.05, 0) is 30.0 Å². The Morgan fingerprint density at radius 3 is 3.11 bits per heavy atom. The van der Waals surface area contributed by atoms with Gasteiger partial charge in [0.2, 0.25) is 7.37 Å². The van der Waals surface area contributed by atoms with E-state index in [0.717, 1.165) is 12.0 Å². The lowest BCUT2D eigenvalue weighted by Gasteiger charge is -2.29. The van der Waals surface area contributed by atoms with Crippen LogP contribution in [0.3, 0.4) is 0 Å². The highest BCUT2D eigenvalue weighted by molar-refractivity contribution is 7.58. The van der Waals surface area contributed by atoms with Crippen LogP contribution in [0.2, 0.25) is 5.02 Å². The molecule has 0 radical (unpaired) electrons. The van der Waals surface area contributed by atoms with Gasteiger partial charge in [-0.2, -0.15) is 0 Å². The second-order valence-corrected chi connectivity index (χ2v) is 9.72. The van der Waals surface area contributed by atoms with Crippen LogP contribution in [0.25, 0.3) is 11.2 Å². The second kappa shape index (κ2) is 8.17. The lowest BCUT2D eigenvalue weighted by atomic mass is 9.98. The normalized spacial score (nSPS) is 22.5. The summed E-state index contributed by atoms with van der Waals surface area (Å²) in [7, 11) is -2.85. The number of hydrogen-bond acceptors (Lipinski definition) is 7. The molecule has 1 fully saturated rings. The van der Waals surface area contributed by atoms with Gasteiger partial charge in [-0.25, -0.2) is 15.0 Å². The first-order valence-electron chi connectivity index (χ1n) is 9.01. The van der Waals surface area contributed by atoms with Crippen molar-refractivity contribution in [2.75, 3.05) is 31.5 Å². The van der Waals surface area contributed by atoms with Crippen molar-refractivity contribution in [3.05, 3.63) is 47.5 Å². The first-order chi connectivity index (χ1) is 13.5. The molecular weight excluding hydrogens is 401 g/mol. The number of nitrogen functional groups attached to an aromatic ring is 1. The van der Waals surface area contributed by atoms with E-state index in [-0.39, 0.29) is 12.3 Å². The molecular formula is C18H21ClN5O3P. The standard InChI is InChI=1S/C18H21ClN5O3P/c19-15-3-1-2-13(8-15)14-4-6-27-28(25,9-14)12-26-7-5-24-11-23-16-17(20)21-10-22-18(16)24/h1-3,8,10-11,14H,4-7,9,12H2,(H2,20,21,22)/t14-,28?/m1/s1. The molecule has 2 atom stereocenters. The van der Waals surface area contributed by atoms with Gasteiger partial charge >= 0.3 is 0 Å². The van der Waals surface area contributed by atoms with Crippen molar-refractivity contribution in [3.63, 3.8) is 0 Å².